The maximum absolute atomic E-state index is 13.2. The van der Waals surface area contributed by atoms with E-state index < -0.39 is 0 Å². The van der Waals surface area contributed by atoms with Crippen LogP contribution in [0.1, 0.15) is 51.9 Å². The van der Waals surface area contributed by atoms with Crippen molar-refractivity contribution >= 4 is 34.6 Å². The zero-order valence-corrected chi connectivity index (χ0v) is 17.8. The molecule has 0 fully saturated rings. The Labute approximate surface area is 174 Å². The van der Waals surface area contributed by atoms with Gasteiger partial charge in [-0.25, -0.2) is 4.98 Å². The van der Waals surface area contributed by atoms with E-state index >= 15 is 0 Å². The van der Waals surface area contributed by atoms with Crippen LogP contribution in [0.3, 0.4) is 0 Å². The van der Waals surface area contributed by atoms with Crippen LogP contribution in [0.4, 0.5) is 11.9 Å². The van der Waals surface area contributed by atoms with E-state index in [0.29, 0.717) is 33.6 Å². The fourth-order valence-electron chi connectivity index (χ4n) is 3.22. The van der Waals surface area contributed by atoms with Crippen molar-refractivity contribution in [1.82, 2.24) is 24.5 Å². The molecule has 2 aromatic heterocycles. The van der Waals surface area contributed by atoms with E-state index in [2.05, 4.69) is 35.7 Å². The lowest BCUT2D eigenvalue weighted by Crippen LogP contribution is -2.26. The molecule has 0 radical (unpaired) electrons. The molecule has 8 nitrogen and oxygen atoms in total. The quantitative estimate of drug-likeness (QED) is 0.425. The average Bonchev–Trinajstić information content (AvgIpc) is 2.65. The van der Waals surface area contributed by atoms with Crippen LogP contribution >= 0.6 is 11.8 Å². The highest BCUT2D eigenvalue weighted by atomic mass is 32.2. The molecule has 9 heteroatoms. The third-order valence-electron chi connectivity index (χ3n) is 4.67. The Morgan fingerprint density at radius 3 is 2.38 bits per heavy atom. The molecule has 154 valence electrons. The summed E-state index contributed by atoms with van der Waals surface area (Å²) < 4.78 is 1.79. The van der Waals surface area contributed by atoms with Crippen molar-refractivity contribution < 1.29 is 0 Å². The van der Waals surface area contributed by atoms with Crippen molar-refractivity contribution in [2.24, 2.45) is 5.92 Å². The normalized spacial score (nSPS) is 12.6. The van der Waals surface area contributed by atoms with E-state index in [0.717, 1.165) is 19.3 Å². The molecule has 29 heavy (non-hydrogen) atoms. The number of hydrogen-bond acceptors (Lipinski definition) is 8. The molecule has 0 aliphatic rings. The predicted octanol–water partition coefficient (Wildman–Crippen LogP) is 3.43. The number of anilines is 2. The van der Waals surface area contributed by atoms with Crippen LogP contribution in [-0.2, 0) is 5.75 Å². The SMILES string of the molecule is CC(C)CCC[C@H](C)n1c(SCc2nc(N)nc(N)n2)nc2ccccc2c1=O. The average molecular weight is 414 g/mol. The van der Waals surface area contributed by atoms with Crippen LogP contribution < -0.4 is 17.0 Å². The minimum atomic E-state index is -0.0233. The number of thioether (sulfide) groups is 1. The summed E-state index contributed by atoms with van der Waals surface area (Å²) >= 11 is 1.40. The number of rotatable bonds is 8. The Bertz CT molecular complexity index is 1030. The van der Waals surface area contributed by atoms with Crippen molar-refractivity contribution in [2.75, 3.05) is 11.5 Å². The van der Waals surface area contributed by atoms with E-state index in [1.165, 1.54) is 11.8 Å². The van der Waals surface area contributed by atoms with Gasteiger partial charge in [0.25, 0.3) is 5.56 Å². The van der Waals surface area contributed by atoms with E-state index in [9.17, 15) is 4.79 Å². The summed E-state index contributed by atoms with van der Waals surface area (Å²) in [6, 6.07) is 7.46. The van der Waals surface area contributed by atoms with Gasteiger partial charge >= 0.3 is 0 Å². The summed E-state index contributed by atoms with van der Waals surface area (Å²) in [5.74, 6) is 1.65. The van der Waals surface area contributed by atoms with Gasteiger partial charge in [0.1, 0.15) is 5.82 Å². The van der Waals surface area contributed by atoms with Gasteiger partial charge in [-0.2, -0.15) is 15.0 Å². The molecule has 0 saturated heterocycles. The Hall–Kier alpha value is -2.68. The number of nitrogens with two attached hydrogens (primary N) is 2. The smallest absolute Gasteiger partial charge is 0.262 e. The zero-order valence-electron chi connectivity index (χ0n) is 17.0. The molecule has 2 heterocycles. The molecule has 1 atom stereocenters. The Balaban J connectivity index is 1.94. The standard InChI is InChI=1S/C20H27N7OS/c1-12(2)7-6-8-13(3)27-17(28)14-9-4-5-10-15(14)23-20(27)29-11-16-24-18(21)26-19(22)25-16/h4-5,9-10,12-13H,6-8,11H2,1-3H3,(H4,21,22,24,25,26)/t13-/m0/s1. The topological polar surface area (TPSA) is 126 Å². The largest absolute Gasteiger partial charge is 0.368 e. The molecule has 1 aromatic carbocycles. The first-order chi connectivity index (χ1) is 13.8. The maximum Gasteiger partial charge on any atom is 0.262 e. The van der Waals surface area contributed by atoms with Gasteiger partial charge in [-0.3, -0.25) is 9.36 Å². The van der Waals surface area contributed by atoms with Crippen LogP contribution in [0.5, 0.6) is 0 Å². The fraction of sp³-hybridized carbons (Fsp3) is 0.450. The van der Waals surface area contributed by atoms with E-state index in [1.54, 1.807) is 4.57 Å². The second-order valence-corrected chi connectivity index (χ2v) is 8.46. The first-order valence-electron chi connectivity index (χ1n) is 9.75. The number of hydrogen-bond donors (Lipinski definition) is 2. The molecule has 0 aliphatic carbocycles. The number of nitrogens with zero attached hydrogens (tertiary/aromatic N) is 5. The summed E-state index contributed by atoms with van der Waals surface area (Å²) in [7, 11) is 0. The minimum absolute atomic E-state index is 0.0233. The van der Waals surface area contributed by atoms with Gasteiger partial charge in [0.2, 0.25) is 11.9 Å². The third kappa shape index (κ3) is 5.23. The highest BCUT2D eigenvalue weighted by molar-refractivity contribution is 7.98. The molecule has 4 N–H and O–H groups in total. The van der Waals surface area contributed by atoms with Crippen LogP contribution in [0.2, 0.25) is 0 Å². The molecular formula is C20H27N7OS. The van der Waals surface area contributed by atoms with Crippen molar-refractivity contribution in [1.29, 1.82) is 0 Å². The lowest BCUT2D eigenvalue weighted by atomic mass is 10.0. The van der Waals surface area contributed by atoms with Gasteiger partial charge in [0, 0.05) is 6.04 Å². The van der Waals surface area contributed by atoms with Gasteiger partial charge in [-0.15, -0.1) is 0 Å². The summed E-state index contributed by atoms with van der Waals surface area (Å²) in [5, 5.41) is 1.27. The van der Waals surface area contributed by atoms with Crippen molar-refractivity contribution in [3.8, 4) is 0 Å². The fourth-order valence-corrected chi connectivity index (χ4v) is 4.17. The monoisotopic (exact) mass is 413 g/mol. The lowest BCUT2D eigenvalue weighted by Gasteiger charge is -2.20. The number of fused-ring (bicyclic) bond motifs is 1. The zero-order chi connectivity index (χ0) is 21.0. The van der Waals surface area contributed by atoms with Gasteiger partial charge in [-0.05, 0) is 31.4 Å². The van der Waals surface area contributed by atoms with Crippen molar-refractivity contribution in [2.45, 2.75) is 57.0 Å². The van der Waals surface area contributed by atoms with E-state index in [1.807, 2.05) is 24.3 Å². The molecule has 0 unspecified atom stereocenters. The second-order valence-electron chi connectivity index (χ2n) is 7.52. The molecule has 0 amide bonds. The minimum Gasteiger partial charge on any atom is -0.368 e. The molecule has 0 spiro atoms. The first-order valence-corrected chi connectivity index (χ1v) is 10.7. The third-order valence-corrected chi connectivity index (χ3v) is 5.61. The summed E-state index contributed by atoms with van der Waals surface area (Å²) in [4.78, 5) is 30.0. The highest BCUT2D eigenvalue weighted by Crippen LogP contribution is 2.26. The number of para-hydroxylation sites is 1. The molecule has 0 aliphatic heterocycles. The predicted molar refractivity (Wildman–Crippen MR) is 118 cm³/mol. The molecular weight excluding hydrogens is 386 g/mol. The van der Waals surface area contributed by atoms with Crippen LogP contribution in [0.25, 0.3) is 10.9 Å². The molecule has 0 saturated carbocycles. The summed E-state index contributed by atoms with van der Waals surface area (Å²) in [6.07, 6.45) is 3.10. The maximum atomic E-state index is 13.2. The molecule has 3 aromatic rings. The lowest BCUT2D eigenvalue weighted by molar-refractivity contribution is 0.414. The highest BCUT2D eigenvalue weighted by Gasteiger charge is 2.17. The Morgan fingerprint density at radius 2 is 1.69 bits per heavy atom. The van der Waals surface area contributed by atoms with Gasteiger partial charge in [-0.1, -0.05) is 50.6 Å². The van der Waals surface area contributed by atoms with E-state index in [4.69, 9.17) is 16.5 Å². The van der Waals surface area contributed by atoms with E-state index in [-0.39, 0.29) is 23.5 Å². The molecule has 0 bridgehead atoms. The molecule has 3 rings (SSSR count). The Morgan fingerprint density at radius 1 is 1.00 bits per heavy atom. The number of nitrogen functional groups attached to an aromatic ring is 2. The number of benzene rings is 1. The van der Waals surface area contributed by atoms with Crippen LogP contribution in [0.15, 0.2) is 34.2 Å². The van der Waals surface area contributed by atoms with Gasteiger partial charge < -0.3 is 11.5 Å². The van der Waals surface area contributed by atoms with Crippen molar-refractivity contribution in [3.05, 3.63) is 40.4 Å². The van der Waals surface area contributed by atoms with Crippen LogP contribution in [0, 0.1) is 5.92 Å². The summed E-state index contributed by atoms with van der Waals surface area (Å²) in [6.45, 7) is 6.49. The second kappa shape index (κ2) is 9.21. The van der Waals surface area contributed by atoms with Gasteiger partial charge in [0.05, 0.1) is 16.7 Å². The summed E-state index contributed by atoms with van der Waals surface area (Å²) in [5.41, 5.74) is 12.0. The van der Waals surface area contributed by atoms with Gasteiger partial charge in [0.15, 0.2) is 5.16 Å². The number of aromatic nitrogens is 5. The van der Waals surface area contributed by atoms with Crippen LogP contribution in [-0.4, -0.2) is 24.5 Å². The Kier molecular flexibility index (Phi) is 6.68. The first kappa shape index (κ1) is 21.0. The van der Waals surface area contributed by atoms with Crippen molar-refractivity contribution in [3.63, 3.8) is 0 Å².